The van der Waals surface area contributed by atoms with E-state index < -0.39 is 0 Å². The molecule has 2 saturated heterocycles. The van der Waals surface area contributed by atoms with Gasteiger partial charge in [-0.3, -0.25) is 15.1 Å². The summed E-state index contributed by atoms with van der Waals surface area (Å²) < 4.78 is 10.5. The minimum Gasteiger partial charge on any atom is -0.497 e. The highest BCUT2D eigenvalue weighted by Gasteiger charge is 2.42. The van der Waals surface area contributed by atoms with Crippen LogP contribution in [0.5, 0.6) is 5.75 Å². The van der Waals surface area contributed by atoms with E-state index in [9.17, 15) is 4.79 Å². The SMILES string of the molecule is COCCNC(=O)[C@@H]1C[C@@H](NCC2CNNC2c2ccc(OC)cc2)CN1C1Cc2ccccc2C1. The minimum absolute atomic E-state index is 0.115. The molecule has 194 valence electrons. The second-order valence-electron chi connectivity index (χ2n) is 10.2. The largest absolute Gasteiger partial charge is 0.497 e. The molecule has 2 aromatic rings. The Morgan fingerprint density at radius 1 is 1.08 bits per heavy atom. The van der Waals surface area contributed by atoms with Crippen molar-refractivity contribution in [1.82, 2.24) is 26.4 Å². The van der Waals surface area contributed by atoms with Gasteiger partial charge in [-0.1, -0.05) is 36.4 Å². The number of hydrazine groups is 1. The summed E-state index contributed by atoms with van der Waals surface area (Å²) in [6, 6.07) is 17.8. The van der Waals surface area contributed by atoms with Crippen molar-refractivity contribution < 1.29 is 14.3 Å². The number of ether oxygens (including phenoxy) is 2. The third-order valence-corrected chi connectivity index (χ3v) is 7.98. The molecular weight excluding hydrogens is 454 g/mol. The summed E-state index contributed by atoms with van der Waals surface area (Å²) in [5.74, 6) is 1.40. The Morgan fingerprint density at radius 3 is 2.53 bits per heavy atom. The average Bonchev–Trinajstić information content (AvgIpc) is 3.65. The first-order valence-electron chi connectivity index (χ1n) is 13.1. The first-order chi connectivity index (χ1) is 17.7. The van der Waals surface area contributed by atoms with E-state index in [1.54, 1.807) is 14.2 Å². The molecule has 36 heavy (non-hydrogen) atoms. The number of hydrogen-bond donors (Lipinski definition) is 4. The smallest absolute Gasteiger partial charge is 0.237 e. The second-order valence-corrected chi connectivity index (χ2v) is 10.2. The fourth-order valence-electron chi connectivity index (χ4n) is 6.04. The van der Waals surface area contributed by atoms with Gasteiger partial charge < -0.3 is 20.1 Å². The summed E-state index contributed by atoms with van der Waals surface area (Å²) in [5, 5.41) is 6.91. The van der Waals surface area contributed by atoms with Crippen molar-refractivity contribution in [3.05, 3.63) is 65.2 Å². The van der Waals surface area contributed by atoms with Crippen molar-refractivity contribution >= 4 is 5.91 Å². The van der Waals surface area contributed by atoms with E-state index in [0.717, 1.165) is 44.6 Å². The minimum atomic E-state index is -0.115. The van der Waals surface area contributed by atoms with Crippen LogP contribution in [0.1, 0.15) is 29.2 Å². The number of likely N-dealkylation sites (tertiary alicyclic amines) is 1. The number of carbonyl (C=O) groups is 1. The maximum absolute atomic E-state index is 13.2. The van der Waals surface area contributed by atoms with Crippen LogP contribution in [0.25, 0.3) is 0 Å². The van der Waals surface area contributed by atoms with Crippen LogP contribution in [-0.4, -0.2) is 75.9 Å². The zero-order chi connectivity index (χ0) is 24.9. The molecule has 4 atom stereocenters. The predicted octanol–water partition coefficient (Wildman–Crippen LogP) is 1.42. The van der Waals surface area contributed by atoms with E-state index in [1.807, 2.05) is 12.1 Å². The first kappa shape index (κ1) is 25.2. The van der Waals surface area contributed by atoms with E-state index in [1.165, 1.54) is 16.7 Å². The summed E-state index contributed by atoms with van der Waals surface area (Å²) >= 11 is 0. The summed E-state index contributed by atoms with van der Waals surface area (Å²) in [5.41, 5.74) is 10.9. The van der Waals surface area contributed by atoms with Crippen molar-refractivity contribution in [2.45, 2.75) is 43.4 Å². The Kier molecular flexibility index (Phi) is 8.19. The normalized spacial score (nSPS) is 26.3. The van der Waals surface area contributed by atoms with Gasteiger partial charge in [0.25, 0.3) is 0 Å². The van der Waals surface area contributed by atoms with Crippen molar-refractivity contribution in [1.29, 1.82) is 0 Å². The molecule has 2 unspecified atom stereocenters. The average molecular weight is 494 g/mol. The zero-order valence-electron chi connectivity index (χ0n) is 21.3. The molecule has 0 bridgehead atoms. The number of hydrogen-bond acceptors (Lipinski definition) is 7. The Labute approximate surface area is 214 Å². The molecule has 4 N–H and O–H groups in total. The topological polar surface area (TPSA) is 86.9 Å². The Hall–Kier alpha value is -2.49. The lowest BCUT2D eigenvalue weighted by molar-refractivity contribution is -0.126. The monoisotopic (exact) mass is 493 g/mol. The van der Waals surface area contributed by atoms with Crippen molar-refractivity contribution in [3.8, 4) is 5.75 Å². The number of rotatable bonds is 10. The highest BCUT2D eigenvalue weighted by atomic mass is 16.5. The fraction of sp³-hybridized carbons (Fsp3) is 0.536. The summed E-state index contributed by atoms with van der Waals surface area (Å²) in [4.78, 5) is 15.6. The van der Waals surface area contributed by atoms with E-state index >= 15 is 0 Å². The third kappa shape index (κ3) is 5.58. The number of amides is 1. The molecule has 2 heterocycles. The van der Waals surface area contributed by atoms with Gasteiger partial charge in [0.1, 0.15) is 5.75 Å². The van der Waals surface area contributed by atoms with Gasteiger partial charge in [0.2, 0.25) is 5.91 Å². The predicted molar refractivity (Wildman–Crippen MR) is 140 cm³/mol. The van der Waals surface area contributed by atoms with Gasteiger partial charge in [-0.05, 0) is 48.1 Å². The van der Waals surface area contributed by atoms with Gasteiger partial charge in [0.15, 0.2) is 0 Å². The van der Waals surface area contributed by atoms with E-state index in [2.05, 4.69) is 62.8 Å². The fourth-order valence-corrected chi connectivity index (χ4v) is 6.04. The van der Waals surface area contributed by atoms with E-state index in [-0.39, 0.29) is 24.0 Å². The Bertz CT molecular complexity index is 991. The quantitative estimate of drug-likeness (QED) is 0.373. The third-order valence-electron chi connectivity index (χ3n) is 7.98. The Morgan fingerprint density at radius 2 is 1.83 bits per heavy atom. The van der Waals surface area contributed by atoms with Gasteiger partial charge in [0, 0.05) is 51.3 Å². The molecule has 8 nitrogen and oxygen atoms in total. The van der Waals surface area contributed by atoms with Crippen molar-refractivity contribution in [3.63, 3.8) is 0 Å². The standard InChI is InChI=1S/C28H39N5O3/c1-35-12-11-29-28(34)26-15-23(18-33(26)24-13-20-5-3-4-6-21(20)14-24)30-16-22-17-31-32-27(22)19-7-9-25(36-2)10-8-19/h3-10,22-24,26-27,30-32H,11-18H2,1-2H3,(H,29,34)/t22?,23-,26+,27?/m1/s1. The lowest BCUT2D eigenvalue weighted by atomic mass is 9.94. The second kappa shape index (κ2) is 11.7. The molecule has 5 rings (SSSR count). The number of carbonyl (C=O) groups excluding carboxylic acids is 1. The molecule has 3 aliphatic rings. The van der Waals surface area contributed by atoms with Crippen LogP contribution in [0.15, 0.2) is 48.5 Å². The summed E-state index contributed by atoms with van der Waals surface area (Å²) in [6.07, 6.45) is 2.86. The molecule has 2 fully saturated rings. The number of nitrogens with one attached hydrogen (secondary N) is 4. The first-order valence-corrected chi connectivity index (χ1v) is 13.1. The number of nitrogens with zero attached hydrogens (tertiary/aromatic N) is 1. The maximum Gasteiger partial charge on any atom is 0.237 e. The molecule has 0 spiro atoms. The van der Waals surface area contributed by atoms with Crippen molar-refractivity contribution in [2.24, 2.45) is 5.92 Å². The molecule has 8 heteroatoms. The van der Waals surface area contributed by atoms with Crippen LogP contribution in [0.4, 0.5) is 0 Å². The van der Waals surface area contributed by atoms with Crippen LogP contribution in [-0.2, 0) is 22.4 Å². The summed E-state index contributed by atoms with van der Waals surface area (Å²) in [7, 11) is 3.35. The molecule has 2 aromatic carbocycles. The van der Waals surface area contributed by atoms with Crippen LogP contribution < -0.4 is 26.2 Å². The molecule has 0 aromatic heterocycles. The molecule has 0 saturated carbocycles. The van der Waals surface area contributed by atoms with Crippen LogP contribution in [0.3, 0.4) is 0 Å². The number of fused-ring (bicyclic) bond motifs is 1. The molecule has 0 radical (unpaired) electrons. The Balaban J connectivity index is 1.22. The molecular formula is C28H39N5O3. The lowest BCUT2D eigenvalue weighted by Gasteiger charge is -2.29. The van der Waals surface area contributed by atoms with E-state index in [4.69, 9.17) is 9.47 Å². The van der Waals surface area contributed by atoms with Gasteiger partial charge in [-0.25, -0.2) is 5.43 Å². The van der Waals surface area contributed by atoms with E-state index in [0.29, 0.717) is 25.1 Å². The van der Waals surface area contributed by atoms with Gasteiger partial charge >= 0.3 is 0 Å². The highest BCUT2D eigenvalue weighted by Crippen LogP contribution is 2.31. The van der Waals surface area contributed by atoms with Crippen LogP contribution in [0.2, 0.25) is 0 Å². The lowest BCUT2D eigenvalue weighted by Crippen LogP contribution is -2.48. The zero-order valence-corrected chi connectivity index (χ0v) is 21.3. The van der Waals surface area contributed by atoms with Gasteiger partial charge in [-0.15, -0.1) is 0 Å². The van der Waals surface area contributed by atoms with Gasteiger partial charge in [-0.2, -0.15) is 0 Å². The number of methoxy groups -OCH3 is 2. The number of benzene rings is 2. The maximum atomic E-state index is 13.2. The van der Waals surface area contributed by atoms with Crippen molar-refractivity contribution in [2.75, 3.05) is 47.0 Å². The highest BCUT2D eigenvalue weighted by molar-refractivity contribution is 5.82. The van der Waals surface area contributed by atoms with Gasteiger partial charge in [0.05, 0.1) is 25.8 Å². The molecule has 1 aliphatic carbocycles. The summed E-state index contributed by atoms with van der Waals surface area (Å²) in [6.45, 7) is 3.76. The molecule has 2 aliphatic heterocycles. The molecule has 1 amide bonds. The van der Waals surface area contributed by atoms with Crippen LogP contribution in [0, 0.1) is 5.92 Å². The van der Waals surface area contributed by atoms with Crippen LogP contribution >= 0.6 is 0 Å².